The Kier molecular flexibility index (Phi) is 2.90. The molecule has 0 saturated heterocycles. The largest absolute Gasteiger partial charge is 0.416 e. The third-order valence-electron chi connectivity index (χ3n) is 2.25. The normalized spacial score (nSPS) is 11.6. The summed E-state index contributed by atoms with van der Waals surface area (Å²) in [7, 11) is 0. The van der Waals surface area contributed by atoms with Gasteiger partial charge in [-0.1, -0.05) is 12.1 Å². The molecule has 1 heterocycles. The Balaban J connectivity index is 2.43. The van der Waals surface area contributed by atoms with Crippen molar-refractivity contribution in [3.05, 3.63) is 41.8 Å². The molecule has 0 atom stereocenters. The molecule has 0 radical (unpaired) electrons. The fraction of sp³-hybridized carbons (Fsp3) is 0.0909. The molecular formula is C11H7F4N3. The van der Waals surface area contributed by atoms with Crippen LogP contribution in [0.5, 0.6) is 0 Å². The molecule has 2 rings (SSSR count). The van der Waals surface area contributed by atoms with E-state index in [-0.39, 0.29) is 17.2 Å². The van der Waals surface area contributed by atoms with Crippen molar-refractivity contribution in [3.63, 3.8) is 0 Å². The lowest BCUT2D eigenvalue weighted by Crippen LogP contribution is -2.04. The predicted molar refractivity (Wildman–Crippen MR) is 56.8 cm³/mol. The number of aromatic nitrogens is 2. The van der Waals surface area contributed by atoms with Gasteiger partial charge in [0.2, 0.25) is 5.95 Å². The molecule has 0 fully saturated rings. The van der Waals surface area contributed by atoms with Gasteiger partial charge in [-0.15, -0.1) is 0 Å². The van der Waals surface area contributed by atoms with Crippen molar-refractivity contribution in [2.24, 2.45) is 0 Å². The van der Waals surface area contributed by atoms with Crippen LogP contribution in [0.1, 0.15) is 5.56 Å². The highest BCUT2D eigenvalue weighted by Gasteiger charge is 2.30. The predicted octanol–water partition coefficient (Wildman–Crippen LogP) is 2.88. The molecule has 18 heavy (non-hydrogen) atoms. The van der Waals surface area contributed by atoms with Crippen LogP contribution in [0.25, 0.3) is 11.3 Å². The fourth-order valence-corrected chi connectivity index (χ4v) is 1.40. The van der Waals surface area contributed by atoms with E-state index in [0.717, 1.165) is 30.5 Å². The molecule has 94 valence electrons. The Morgan fingerprint density at radius 2 is 1.67 bits per heavy atom. The minimum absolute atomic E-state index is 0.128. The second kappa shape index (κ2) is 4.25. The molecule has 0 saturated carbocycles. The lowest BCUT2D eigenvalue weighted by Gasteiger charge is -2.07. The highest BCUT2D eigenvalue weighted by molar-refractivity contribution is 5.60. The summed E-state index contributed by atoms with van der Waals surface area (Å²) in [5, 5.41) is 0. The van der Waals surface area contributed by atoms with Crippen molar-refractivity contribution < 1.29 is 17.6 Å². The molecule has 1 aromatic carbocycles. The van der Waals surface area contributed by atoms with E-state index < -0.39 is 17.6 Å². The number of anilines is 1. The molecule has 0 aliphatic heterocycles. The summed E-state index contributed by atoms with van der Waals surface area (Å²) in [4.78, 5) is 7.08. The highest BCUT2D eigenvalue weighted by atomic mass is 19.4. The Morgan fingerprint density at radius 3 is 2.22 bits per heavy atom. The van der Waals surface area contributed by atoms with Crippen LogP contribution in [0.4, 0.5) is 23.5 Å². The van der Waals surface area contributed by atoms with Gasteiger partial charge in [-0.2, -0.15) is 13.2 Å². The van der Waals surface area contributed by atoms with Gasteiger partial charge >= 0.3 is 6.18 Å². The van der Waals surface area contributed by atoms with Gasteiger partial charge in [0.05, 0.1) is 11.8 Å². The van der Waals surface area contributed by atoms with Gasteiger partial charge in [0, 0.05) is 5.56 Å². The third-order valence-corrected chi connectivity index (χ3v) is 2.25. The van der Waals surface area contributed by atoms with Crippen LogP contribution in [-0.2, 0) is 6.18 Å². The molecule has 0 amide bonds. The zero-order chi connectivity index (χ0) is 13.3. The van der Waals surface area contributed by atoms with E-state index >= 15 is 0 Å². The lowest BCUT2D eigenvalue weighted by atomic mass is 10.1. The van der Waals surface area contributed by atoms with Crippen molar-refractivity contribution in [1.82, 2.24) is 9.97 Å². The van der Waals surface area contributed by atoms with Gasteiger partial charge in [-0.05, 0) is 12.1 Å². The summed E-state index contributed by atoms with van der Waals surface area (Å²) in [6, 6.07) is 3.97. The molecule has 7 heteroatoms. The van der Waals surface area contributed by atoms with Gasteiger partial charge in [0.15, 0.2) is 5.82 Å². The SMILES string of the molecule is Nc1ncc(F)c(-c2ccc(C(F)(F)F)cc2)n1. The zero-order valence-corrected chi connectivity index (χ0v) is 8.87. The Morgan fingerprint density at radius 1 is 1.06 bits per heavy atom. The zero-order valence-electron chi connectivity index (χ0n) is 8.87. The molecular weight excluding hydrogens is 250 g/mol. The second-order valence-corrected chi connectivity index (χ2v) is 3.50. The number of halogens is 4. The monoisotopic (exact) mass is 257 g/mol. The van der Waals surface area contributed by atoms with Gasteiger partial charge in [-0.3, -0.25) is 0 Å². The average Bonchev–Trinajstić information content (AvgIpc) is 2.31. The van der Waals surface area contributed by atoms with Crippen LogP contribution < -0.4 is 5.73 Å². The molecule has 0 aliphatic carbocycles. The standard InChI is InChI=1S/C11H7F4N3/c12-8-5-17-10(16)18-9(8)6-1-3-7(4-2-6)11(13,14)15/h1-5H,(H2,16,17,18). The van der Waals surface area contributed by atoms with E-state index in [4.69, 9.17) is 5.73 Å². The van der Waals surface area contributed by atoms with Crippen molar-refractivity contribution >= 4 is 5.95 Å². The van der Waals surface area contributed by atoms with Crippen molar-refractivity contribution in [3.8, 4) is 11.3 Å². The van der Waals surface area contributed by atoms with Crippen LogP contribution in [0, 0.1) is 5.82 Å². The van der Waals surface area contributed by atoms with E-state index in [2.05, 4.69) is 9.97 Å². The number of alkyl halides is 3. The Labute approximate surface area is 99.3 Å². The number of nitrogens with two attached hydrogens (primary N) is 1. The first kappa shape index (κ1) is 12.3. The minimum atomic E-state index is -4.43. The molecule has 2 aromatic rings. The molecule has 0 aliphatic rings. The molecule has 2 N–H and O–H groups in total. The minimum Gasteiger partial charge on any atom is -0.368 e. The van der Waals surface area contributed by atoms with Gasteiger partial charge in [-0.25, -0.2) is 14.4 Å². The Hall–Kier alpha value is -2.18. The number of nitrogens with zero attached hydrogens (tertiary/aromatic N) is 2. The van der Waals surface area contributed by atoms with Crippen LogP contribution in [0.2, 0.25) is 0 Å². The number of hydrogen-bond donors (Lipinski definition) is 1. The van der Waals surface area contributed by atoms with Crippen LogP contribution in [-0.4, -0.2) is 9.97 Å². The van der Waals surface area contributed by atoms with Crippen LogP contribution in [0.3, 0.4) is 0 Å². The van der Waals surface area contributed by atoms with E-state index in [1.165, 1.54) is 0 Å². The number of nitrogen functional groups attached to an aromatic ring is 1. The number of benzene rings is 1. The van der Waals surface area contributed by atoms with E-state index in [1.807, 2.05) is 0 Å². The topological polar surface area (TPSA) is 51.8 Å². The maximum atomic E-state index is 13.4. The van der Waals surface area contributed by atoms with E-state index in [0.29, 0.717) is 0 Å². The summed E-state index contributed by atoms with van der Waals surface area (Å²) < 4.78 is 50.4. The number of rotatable bonds is 1. The average molecular weight is 257 g/mol. The van der Waals surface area contributed by atoms with Crippen molar-refractivity contribution in [2.75, 3.05) is 5.73 Å². The molecule has 3 nitrogen and oxygen atoms in total. The van der Waals surface area contributed by atoms with Crippen molar-refractivity contribution in [1.29, 1.82) is 0 Å². The molecule has 0 unspecified atom stereocenters. The maximum absolute atomic E-state index is 13.4. The summed E-state index contributed by atoms with van der Waals surface area (Å²) in [6.45, 7) is 0. The van der Waals surface area contributed by atoms with Gasteiger partial charge in [0.25, 0.3) is 0 Å². The third kappa shape index (κ3) is 2.39. The Bertz CT molecular complexity index is 563. The summed E-state index contributed by atoms with van der Waals surface area (Å²) in [6.07, 6.45) is -3.56. The molecule has 0 spiro atoms. The maximum Gasteiger partial charge on any atom is 0.416 e. The highest BCUT2D eigenvalue weighted by Crippen LogP contribution is 2.31. The second-order valence-electron chi connectivity index (χ2n) is 3.50. The molecule has 0 bridgehead atoms. The first-order valence-corrected chi connectivity index (χ1v) is 4.83. The first-order chi connectivity index (χ1) is 8.38. The lowest BCUT2D eigenvalue weighted by molar-refractivity contribution is -0.137. The van der Waals surface area contributed by atoms with E-state index in [9.17, 15) is 17.6 Å². The van der Waals surface area contributed by atoms with Crippen molar-refractivity contribution in [2.45, 2.75) is 6.18 Å². The molecule has 1 aromatic heterocycles. The van der Waals surface area contributed by atoms with Gasteiger partial charge < -0.3 is 5.73 Å². The van der Waals surface area contributed by atoms with E-state index in [1.54, 1.807) is 0 Å². The quantitative estimate of drug-likeness (QED) is 0.799. The summed E-state index contributed by atoms with van der Waals surface area (Å²) in [5.41, 5.74) is 4.56. The van der Waals surface area contributed by atoms with Gasteiger partial charge in [0.1, 0.15) is 5.69 Å². The smallest absolute Gasteiger partial charge is 0.368 e. The fourth-order valence-electron chi connectivity index (χ4n) is 1.40. The summed E-state index contributed by atoms with van der Waals surface area (Å²) in [5.74, 6) is -0.893. The first-order valence-electron chi connectivity index (χ1n) is 4.83. The summed E-state index contributed by atoms with van der Waals surface area (Å²) >= 11 is 0. The number of hydrogen-bond acceptors (Lipinski definition) is 3. The van der Waals surface area contributed by atoms with Crippen LogP contribution in [0.15, 0.2) is 30.5 Å². The van der Waals surface area contributed by atoms with Crippen LogP contribution >= 0.6 is 0 Å².